The van der Waals surface area contributed by atoms with Gasteiger partial charge in [0.1, 0.15) is 11.6 Å². The highest BCUT2D eigenvalue weighted by Gasteiger charge is 2.38. The van der Waals surface area contributed by atoms with Crippen LogP contribution in [0.4, 0.5) is 5.82 Å². The van der Waals surface area contributed by atoms with Gasteiger partial charge in [0, 0.05) is 43.5 Å². The molecule has 0 unspecified atom stereocenters. The van der Waals surface area contributed by atoms with Crippen LogP contribution in [0.15, 0.2) is 12.1 Å². The third-order valence-corrected chi connectivity index (χ3v) is 4.18. The quantitative estimate of drug-likeness (QED) is 0.877. The average molecular weight is 247 g/mol. The van der Waals surface area contributed by atoms with E-state index in [1.165, 1.54) is 6.42 Å². The van der Waals surface area contributed by atoms with E-state index >= 15 is 0 Å². The fourth-order valence-electron chi connectivity index (χ4n) is 3.12. The minimum atomic E-state index is 0.620. The summed E-state index contributed by atoms with van der Waals surface area (Å²) in [7, 11) is 1.72. The van der Waals surface area contributed by atoms with E-state index in [4.69, 9.17) is 9.72 Å². The van der Waals surface area contributed by atoms with E-state index in [-0.39, 0.29) is 0 Å². The summed E-state index contributed by atoms with van der Waals surface area (Å²) >= 11 is 0. The fraction of sp³-hybridized carbons (Fsp3) is 0.643. The summed E-state index contributed by atoms with van der Waals surface area (Å²) in [5, 5.41) is 3.48. The second kappa shape index (κ2) is 4.76. The van der Waals surface area contributed by atoms with Gasteiger partial charge in [-0.05, 0) is 18.8 Å². The molecule has 1 aromatic rings. The molecule has 98 valence electrons. The normalized spacial score (nSPS) is 26.4. The van der Waals surface area contributed by atoms with E-state index in [9.17, 15) is 0 Å². The van der Waals surface area contributed by atoms with E-state index in [1.807, 2.05) is 6.07 Å². The Balaban J connectivity index is 1.91. The van der Waals surface area contributed by atoms with Gasteiger partial charge in [-0.15, -0.1) is 0 Å². The Morgan fingerprint density at radius 1 is 1.44 bits per heavy atom. The molecule has 4 heteroatoms. The molecule has 0 aromatic carbocycles. The van der Waals surface area contributed by atoms with Crippen LogP contribution < -0.4 is 15.0 Å². The van der Waals surface area contributed by atoms with Crippen molar-refractivity contribution < 1.29 is 4.74 Å². The summed E-state index contributed by atoms with van der Waals surface area (Å²) in [6.07, 6.45) is 2.22. The zero-order valence-electron chi connectivity index (χ0n) is 11.1. The lowest BCUT2D eigenvalue weighted by Gasteiger charge is -2.25. The van der Waals surface area contributed by atoms with Crippen molar-refractivity contribution in [2.75, 3.05) is 31.6 Å². The van der Waals surface area contributed by atoms with Gasteiger partial charge < -0.3 is 15.0 Å². The molecule has 0 spiro atoms. The molecule has 2 aliphatic rings. The van der Waals surface area contributed by atoms with Crippen LogP contribution >= 0.6 is 0 Å². The van der Waals surface area contributed by atoms with Crippen LogP contribution in [0.2, 0.25) is 0 Å². The van der Waals surface area contributed by atoms with Crippen molar-refractivity contribution in [3.8, 4) is 5.75 Å². The van der Waals surface area contributed by atoms with Crippen molar-refractivity contribution in [2.45, 2.75) is 25.8 Å². The van der Waals surface area contributed by atoms with E-state index in [0.717, 1.165) is 49.2 Å². The van der Waals surface area contributed by atoms with Crippen molar-refractivity contribution in [3.05, 3.63) is 17.8 Å². The minimum absolute atomic E-state index is 0.620. The van der Waals surface area contributed by atoms with Crippen molar-refractivity contribution >= 4 is 5.82 Å². The van der Waals surface area contributed by atoms with Gasteiger partial charge in [0.2, 0.25) is 0 Å². The standard InChI is InChI=1S/C14H21N3O/c1-3-11-6-12(18-2)7-14(16-11)17-5-4-10-8-15-9-13(10)17/h6-7,10,13,15H,3-5,8-9H2,1-2H3/t10-,13-/m1/s1. The number of rotatable bonds is 3. The summed E-state index contributed by atoms with van der Waals surface area (Å²) in [6.45, 7) is 5.51. The topological polar surface area (TPSA) is 37.4 Å². The number of anilines is 1. The molecule has 3 heterocycles. The summed E-state index contributed by atoms with van der Waals surface area (Å²) in [5.41, 5.74) is 1.11. The predicted octanol–water partition coefficient (Wildman–Crippen LogP) is 1.45. The number of methoxy groups -OCH3 is 1. The lowest BCUT2D eigenvalue weighted by atomic mass is 10.1. The van der Waals surface area contributed by atoms with Gasteiger partial charge in [-0.2, -0.15) is 0 Å². The number of nitrogens with one attached hydrogen (secondary N) is 1. The van der Waals surface area contributed by atoms with Gasteiger partial charge >= 0.3 is 0 Å². The third-order valence-electron chi connectivity index (χ3n) is 4.18. The highest BCUT2D eigenvalue weighted by atomic mass is 16.5. The Morgan fingerprint density at radius 2 is 2.33 bits per heavy atom. The molecule has 0 aliphatic carbocycles. The number of ether oxygens (including phenoxy) is 1. The molecule has 4 nitrogen and oxygen atoms in total. The molecule has 2 saturated heterocycles. The number of pyridine rings is 1. The van der Waals surface area contributed by atoms with Crippen LogP contribution in [0.25, 0.3) is 0 Å². The van der Waals surface area contributed by atoms with Crippen molar-refractivity contribution in [3.63, 3.8) is 0 Å². The Hall–Kier alpha value is -1.29. The number of fused-ring (bicyclic) bond motifs is 1. The van der Waals surface area contributed by atoms with Gasteiger partial charge in [0.05, 0.1) is 7.11 Å². The average Bonchev–Trinajstić information content (AvgIpc) is 3.00. The van der Waals surface area contributed by atoms with Crippen LogP contribution in [0.3, 0.4) is 0 Å². The van der Waals surface area contributed by atoms with Crippen LogP contribution in [0.5, 0.6) is 5.75 Å². The Kier molecular flexibility index (Phi) is 3.12. The van der Waals surface area contributed by atoms with E-state index < -0.39 is 0 Å². The smallest absolute Gasteiger partial charge is 0.132 e. The molecule has 0 radical (unpaired) electrons. The third kappa shape index (κ3) is 1.94. The maximum absolute atomic E-state index is 5.39. The molecule has 2 aliphatic heterocycles. The van der Waals surface area contributed by atoms with Gasteiger partial charge in [-0.25, -0.2) is 4.98 Å². The van der Waals surface area contributed by atoms with Crippen LogP contribution in [-0.4, -0.2) is 37.8 Å². The zero-order valence-corrected chi connectivity index (χ0v) is 11.1. The summed E-state index contributed by atoms with van der Waals surface area (Å²) in [4.78, 5) is 7.21. The van der Waals surface area contributed by atoms with Crippen LogP contribution in [0.1, 0.15) is 19.0 Å². The fourth-order valence-corrected chi connectivity index (χ4v) is 3.12. The predicted molar refractivity (Wildman–Crippen MR) is 72.3 cm³/mol. The maximum atomic E-state index is 5.39. The second-order valence-electron chi connectivity index (χ2n) is 5.18. The van der Waals surface area contributed by atoms with E-state index in [2.05, 4.69) is 23.2 Å². The van der Waals surface area contributed by atoms with Crippen molar-refractivity contribution in [1.29, 1.82) is 0 Å². The van der Waals surface area contributed by atoms with Gasteiger partial charge in [-0.3, -0.25) is 0 Å². The van der Waals surface area contributed by atoms with Crippen molar-refractivity contribution in [1.82, 2.24) is 10.3 Å². The Morgan fingerprint density at radius 3 is 3.11 bits per heavy atom. The van der Waals surface area contributed by atoms with Gasteiger partial charge in [-0.1, -0.05) is 6.92 Å². The Bertz CT molecular complexity index is 413. The largest absolute Gasteiger partial charge is 0.497 e. The molecule has 2 fully saturated rings. The van der Waals surface area contributed by atoms with Crippen LogP contribution in [0, 0.1) is 5.92 Å². The molecule has 0 amide bonds. The van der Waals surface area contributed by atoms with E-state index in [1.54, 1.807) is 7.11 Å². The molecule has 2 atom stereocenters. The summed E-state index contributed by atoms with van der Waals surface area (Å²) < 4.78 is 5.39. The van der Waals surface area contributed by atoms with Crippen LogP contribution in [-0.2, 0) is 6.42 Å². The molecule has 1 N–H and O–H groups in total. The number of nitrogens with zero attached hydrogens (tertiary/aromatic N) is 2. The monoisotopic (exact) mass is 247 g/mol. The van der Waals surface area contributed by atoms with Crippen molar-refractivity contribution in [2.24, 2.45) is 5.92 Å². The second-order valence-corrected chi connectivity index (χ2v) is 5.18. The first-order chi connectivity index (χ1) is 8.81. The number of hydrogen-bond donors (Lipinski definition) is 1. The van der Waals surface area contributed by atoms with Gasteiger partial charge in [0.25, 0.3) is 0 Å². The molecule has 18 heavy (non-hydrogen) atoms. The Labute approximate surface area is 108 Å². The lowest BCUT2D eigenvalue weighted by Crippen LogP contribution is -2.34. The molecule has 0 bridgehead atoms. The zero-order chi connectivity index (χ0) is 12.5. The summed E-state index contributed by atoms with van der Waals surface area (Å²) in [5.74, 6) is 2.80. The number of hydrogen-bond acceptors (Lipinski definition) is 4. The first-order valence-corrected chi connectivity index (χ1v) is 6.84. The first kappa shape index (κ1) is 11.8. The summed E-state index contributed by atoms with van der Waals surface area (Å²) in [6, 6.07) is 4.72. The molecule has 0 saturated carbocycles. The molecular weight excluding hydrogens is 226 g/mol. The number of aromatic nitrogens is 1. The first-order valence-electron chi connectivity index (χ1n) is 6.84. The lowest BCUT2D eigenvalue weighted by molar-refractivity contribution is 0.413. The SMILES string of the molecule is CCc1cc(OC)cc(N2CC[C@@H]3CNC[C@H]32)n1. The highest BCUT2D eigenvalue weighted by molar-refractivity contribution is 5.48. The number of aryl methyl sites for hydroxylation is 1. The maximum Gasteiger partial charge on any atom is 0.132 e. The molecule has 3 rings (SSSR count). The van der Waals surface area contributed by atoms with Gasteiger partial charge in [0.15, 0.2) is 0 Å². The van der Waals surface area contributed by atoms with E-state index in [0.29, 0.717) is 6.04 Å². The molecular formula is C14H21N3O. The minimum Gasteiger partial charge on any atom is -0.497 e. The molecule has 1 aromatic heterocycles. The highest BCUT2D eigenvalue weighted by Crippen LogP contribution is 2.32.